The summed E-state index contributed by atoms with van der Waals surface area (Å²) in [6.45, 7) is 2.38. The van der Waals surface area contributed by atoms with Crippen LogP contribution in [0.3, 0.4) is 0 Å². The van der Waals surface area contributed by atoms with Crippen molar-refractivity contribution in [3.05, 3.63) is 138 Å². The number of rotatable bonds is 8. The van der Waals surface area contributed by atoms with Crippen LogP contribution in [0.15, 0.2) is 121 Å². The van der Waals surface area contributed by atoms with Gasteiger partial charge < -0.3 is 9.84 Å². The average Bonchev–Trinajstić information content (AvgIpc) is 3.36. The Morgan fingerprint density at radius 1 is 0.829 bits per heavy atom. The Kier molecular flexibility index (Phi) is 6.42. The summed E-state index contributed by atoms with van der Waals surface area (Å²) in [4.78, 5) is 0. The smallest absolute Gasteiger partial charge is 0.213 e. The fourth-order valence-electron chi connectivity index (χ4n) is 4.53. The zero-order valence-electron chi connectivity index (χ0n) is 19.5. The van der Waals surface area contributed by atoms with Crippen LogP contribution in [0.2, 0.25) is 0 Å². The summed E-state index contributed by atoms with van der Waals surface area (Å²) in [5.41, 5.74) is 2.76. The maximum Gasteiger partial charge on any atom is 0.213 e. The minimum atomic E-state index is -1.37. The quantitative estimate of drug-likeness (QED) is 0.289. The van der Waals surface area contributed by atoms with Crippen LogP contribution in [0.4, 0.5) is 0 Å². The van der Waals surface area contributed by atoms with E-state index in [9.17, 15) is 5.11 Å². The molecule has 0 aliphatic heterocycles. The first-order valence-corrected chi connectivity index (χ1v) is 11.8. The molecule has 0 spiro atoms. The van der Waals surface area contributed by atoms with Crippen molar-refractivity contribution in [1.82, 2.24) is 15.0 Å². The molecule has 5 rings (SSSR count). The second-order valence-electron chi connectivity index (χ2n) is 8.31. The van der Waals surface area contributed by atoms with Crippen LogP contribution in [0.5, 0.6) is 0 Å². The largest absolute Gasteiger partial charge is 0.478 e. The van der Waals surface area contributed by atoms with E-state index in [1.807, 2.05) is 128 Å². The Bertz CT molecular complexity index is 1370. The molecule has 1 heterocycles. The van der Waals surface area contributed by atoms with Crippen LogP contribution < -0.4 is 0 Å². The molecule has 0 amide bonds. The van der Waals surface area contributed by atoms with Gasteiger partial charge in [0.25, 0.3) is 0 Å². The summed E-state index contributed by atoms with van der Waals surface area (Å²) in [6.07, 6.45) is 1.96. The Morgan fingerprint density at radius 2 is 1.37 bits per heavy atom. The van der Waals surface area contributed by atoms with Gasteiger partial charge in [0, 0.05) is 5.92 Å². The number of aliphatic hydroxyl groups is 1. The number of hydrogen-bond donors (Lipinski definition) is 1. The first-order chi connectivity index (χ1) is 17.2. The van der Waals surface area contributed by atoms with Gasteiger partial charge in [0.1, 0.15) is 11.1 Å². The lowest BCUT2D eigenvalue weighted by molar-refractivity contribution is 0.0640. The molecular weight excluding hydrogens is 434 g/mol. The number of fused-ring (bicyclic) bond motifs is 1. The van der Waals surface area contributed by atoms with Crippen molar-refractivity contribution in [1.29, 1.82) is 0 Å². The molecule has 5 heteroatoms. The summed E-state index contributed by atoms with van der Waals surface area (Å²) >= 11 is 0. The maximum absolute atomic E-state index is 12.6. The van der Waals surface area contributed by atoms with E-state index in [0.717, 1.165) is 27.7 Å². The minimum Gasteiger partial charge on any atom is -0.478 e. The Morgan fingerprint density at radius 3 is 1.97 bits per heavy atom. The van der Waals surface area contributed by atoms with Gasteiger partial charge in [-0.3, -0.25) is 0 Å². The molecule has 1 N–H and O–H groups in total. The van der Waals surface area contributed by atoms with Crippen LogP contribution in [0.25, 0.3) is 16.9 Å². The minimum absolute atomic E-state index is 0.441. The van der Waals surface area contributed by atoms with Crippen LogP contribution in [0, 0.1) is 0 Å². The summed E-state index contributed by atoms with van der Waals surface area (Å²) in [5.74, 6) is 0.0263. The van der Waals surface area contributed by atoms with Gasteiger partial charge in [-0.15, -0.1) is 5.10 Å². The molecule has 1 atom stereocenters. The molecule has 1 aromatic heterocycles. The second-order valence-corrected chi connectivity index (χ2v) is 8.31. The van der Waals surface area contributed by atoms with E-state index in [4.69, 9.17) is 4.74 Å². The molecule has 0 fully saturated rings. The third-order valence-electron chi connectivity index (χ3n) is 6.20. The van der Waals surface area contributed by atoms with E-state index in [-0.39, 0.29) is 0 Å². The fraction of sp³-hybridized carbons (Fsp3) is 0.133. The lowest BCUT2D eigenvalue weighted by Gasteiger charge is -2.36. The first-order valence-electron chi connectivity index (χ1n) is 11.8. The molecule has 0 radical (unpaired) electrons. The van der Waals surface area contributed by atoms with Gasteiger partial charge in [0.05, 0.1) is 12.1 Å². The molecule has 0 saturated carbocycles. The highest BCUT2D eigenvalue weighted by molar-refractivity contribution is 5.77. The van der Waals surface area contributed by atoms with Crippen LogP contribution in [-0.2, 0) is 10.3 Å². The van der Waals surface area contributed by atoms with Crippen LogP contribution >= 0.6 is 0 Å². The predicted molar refractivity (Wildman–Crippen MR) is 138 cm³/mol. The molecule has 0 saturated heterocycles. The number of aromatic nitrogens is 3. The molecule has 0 aliphatic carbocycles. The van der Waals surface area contributed by atoms with Crippen molar-refractivity contribution in [2.75, 3.05) is 6.61 Å². The monoisotopic (exact) mass is 461 g/mol. The Labute approximate surface area is 204 Å². The van der Waals surface area contributed by atoms with E-state index in [2.05, 4.69) is 10.3 Å². The van der Waals surface area contributed by atoms with E-state index in [1.165, 1.54) is 0 Å². The summed E-state index contributed by atoms with van der Waals surface area (Å²) in [5, 5.41) is 21.3. The van der Waals surface area contributed by atoms with Crippen molar-refractivity contribution >= 4 is 16.9 Å². The van der Waals surface area contributed by atoms with Crippen molar-refractivity contribution < 1.29 is 9.84 Å². The molecule has 5 nitrogen and oxygen atoms in total. The molecule has 0 bridgehead atoms. The highest BCUT2D eigenvalue weighted by Crippen LogP contribution is 2.44. The van der Waals surface area contributed by atoms with E-state index in [1.54, 1.807) is 4.68 Å². The van der Waals surface area contributed by atoms with Gasteiger partial charge >= 0.3 is 0 Å². The Balaban J connectivity index is 1.77. The Hall–Kier alpha value is -4.22. The van der Waals surface area contributed by atoms with E-state index >= 15 is 0 Å². The zero-order chi connectivity index (χ0) is 24.1. The summed E-state index contributed by atoms with van der Waals surface area (Å²) in [7, 11) is 0. The number of para-hydroxylation sites is 1. The lowest BCUT2D eigenvalue weighted by Crippen LogP contribution is -2.34. The normalized spacial score (nSPS) is 13.0. The maximum atomic E-state index is 12.6. The third-order valence-corrected chi connectivity index (χ3v) is 6.20. The van der Waals surface area contributed by atoms with Crippen LogP contribution in [-0.4, -0.2) is 26.7 Å². The van der Waals surface area contributed by atoms with Gasteiger partial charge in [-0.25, -0.2) is 0 Å². The second kappa shape index (κ2) is 9.95. The molecule has 174 valence electrons. The zero-order valence-corrected chi connectivity index (χ0v) is 19.5. The third kappa shape index (κ3) is 4.34. The number of benzene rings is 4. The van der Waals surface area contributed by atoms with E-state index in [0.29, 0.717) is 12.5 Å². The standard InChI is InChI=1S/C30H27N3O2/c1-2-35-29(33-28-21-13-12-20-27(28)31-32-33)22-26(23-14-6-3-7-15-23)30(34,24-16-8-4-9-17-24)25-18-10-5-11-19-25/h3-22,26,34H,2H2,1H3. The first kappa shape index (κ1) is 22.6. The summed E-state index contributed by atoms with van der Waals surface area (Å²) in [6, 6.07) is 37.3. The topological polar surface area (TPSA) is 60.2 Å². The molecule has 0 aliphatic rings. The molecule has 1 unspecified atom stereocenters. The molecule has 4 aromatic carbocycles. The number of ether oxygens (including phenoxy) is 1. The molecular formula is C30H27N3O2. The van der Waals surface area contributed by atoms with Crippen molar-refractivity contribution in [3.8, 4) is 0 Å². The van der Waals surface area contributed by atoms with E-state index < -0.39 is 11.5 Å². The van der Waals surface area contributed by atoms with Crippen LogP contribution in [0.1, 0.15) is 29.5 Å². The SMILES string of the molecule is CCOC(=CC(c1ccccc1)C(O)(c1ccccc1)c1ccccc1)n1nnc2ccccc21. The van der Waals surface area contributed by atoms with Gasteiger partial charge in [-0.05, 0) is 41.8 Å². The number of hydrogen-bond acceptors (Lipinski definition) is 4. The van der Waals surface area contributed by atoms with Crippen molar-refractivity contribution in [2.45, 2.75) is 18.4 Å². The lowest BCUT2D eigenvalue weighted by atomic mass is 9.73. The molecule has 5 aromatic rings. The van der Waals surface area contributed by atoms with Crippen molar-refractivity contribution in [2.24, 2.45) is 0 Å². The fourth-order valence-corrected chi connectivity index (χ4v) is 4.53. The summed E-state index contributed by atoms with van der Waals surface area (Å²) < 4.78 is 7.82. The van der Waals surface area contributed by atoms with Gasteiger partial charge in [-0.1, -0.05) is 108 Å². The molecule has 35 heavy (non-hydrogen) atoms. The number of nitrogens with zero attached hydrogens (tertiary/aromatic N) is 3. The van der Waals surface area contributed by atoms with Gasteiger partial charge in [0.15, 0.2) is 0 Å². The highest BCUT2D eigenvalue weighted by Gasteiger charge is 2.40. The van der Waals surface area contributed by atoms with Gasteiger partial charge in [0.2, 0.25) is 5.88 Å². The predicted octanol–water partition coefficient (Wildman–Crippen LogP) is 5.99. The highest BCUT2D eigenvalue weighted by atomic mass is 16.5. The van der Waals surface area contributed by atoms with Crippen molar-refractivity contribution in [3.63, 3.8) is 0 Å². The average molecular weight is 462 g/mol. The van der Waals surface area contributed by atoms with Gasteiger partial charge in [-0.2, -0.15) is 4.68 Å².